The van der Waals surface area contributed by atoms with E-state index in [1.807, 2.05) is 38.1 Å². The Morgan fingerprint density at radius 1 is 1.11 bits per heavy atom. The Labute approximate surface area is 208 Å². The molecule has 0 aliphatic heterocycles. The monoisotopic (exact) mass is 529 g/mol. The molecule has 0 aromatic heterocycles. The van der Waals surface area contributed by atoms with Crippen molar-refractivity contribution in [2.45, 2.75) is 51.4 Å². The van der Waals surface area contributed by atoms with Gasteiger partial charge in [-0.05, 0) is 42.0 Å². The van der Waals surface area contributed by atoms with Gasteiger partial charge in [0, 0.05) is 18.4 Å². The number of esters is 1. The van der Waals surface area contributed by atoms with E-state index in [2.05, 4.69) is 0 Å². The van der Waals surface area contributed by atoms with E-state index in [0.29, 0.717) is 12.2 Å². The van der Waals surface area contributed by atoms with Gasteiger partial charge in [-0.1, -0.05) is 44.2 Å². The molecule has 11 heteroatoms. The maximum absolute atomic E-state index is 12.3. The fraction of sp³-hybridized carbons (Fsp3) is 0.480. The van der Waals surface area contributed by atoms with E-state index in [0.717, 1.165) is 11.1 Å². The van der Waals surface area contributed by atoms with E-state index in [9.17, 15) is 26.4 Å². The molecule has 198 valence electrons. The number of carbonyl (C=O) groups excluding carboxylic acids is 1. The Kier molecular flexibility index (Phi) is 8.89. The predicted octanol–water partition coefficient (Wildman–Crippen LogP) is 4.56. The Hall–Kier alpha value is -2.79. The smallest absolute Gasteiger partial charge is 0.389 e. The van der Waals surface area contributed by atoms with Gasteiger partial charge < -0.3 is 19.4 Å². The van der Waals surface area contributed by atoms with Crippen LogP contribution < -0.4 is 14.7 Å². The van der Waals surface area contributed by atoms with Crippen molar-refractivity contribution in [2.24, 2.45) is 17.6 Å². The molecule has 0 saturated carbocycles. The number of rotatable bonds is 11. The van der Waals surface area contributed by atoms with Crippen molar-refractivity contribution in [3.8, 4) is 11.5 Å². The van der Waals surface area contributed by atoms with Gasteiger partial charge in [0.15, 0.2) is 0 Å². The molecule has 1 aliphatic carbocycles. The molecule has 3 atom stereocenters. The molecular weight excluding hydrogens is 499 g/mol. The molecule has 0 bridgehead atoms. The summed E-state index contributed by atoms with van der Waals surface area (Å²) in [5.74, 6) is -1.31. The second-order valence-corrected chi connectivity index (χ2v) is 10.8. The molecule has 2 N–H and O–H groups in total. The van der Waals surface area contributed by atoms with Crippen LogP contribution in [0.4, 0.5) is 13.2 Å². The van der Waals surface area contributed by atoms with Crippen LogP contribution in [0.3, 0.4) is 0 Å². The number of benzene rings is 2. The molecule has 2 unspecified atom stereocenters. The van der Waals surface area contributed by atoms with E-state index >= 15 is 0 Å². The molecular formula is C25H30F3NO6S. The SMILES string of the molecule is CC(C)[C@H](N)C(=O)OCC1Cc2ccccc2C1Oc1cccc(OS(=O)(=O)CCCC(F)(F)F)c1. The topological polar surface area (TPSA) is 105 Å². The van der Waals surface area contributed by atoms with Gasteiger partial charge in [0.05, 0.1) is 12.4 Å². The van der Waals surface area contributed by atoms with Crippen LogP contribution in [0.2, 0.25) is 0 Å². The van der Waals surface area contributed by atoms with Gasteiger partial charge in [0.25, 0.3) is 0 Å². The highest BCUT2D eigenvalue weighted by atomic mass is 32.2. The third kappa shape index (κ3) is 7.86. The molecule has 36 heavy (non-hydrogen) atoms. The minimum atomic E-state index is -4.44. The molecule has 7 nitrogen and oxygen atoms in total. The van der Waals surface area contributed by atoms with Gasteiger partial charge in [-0.25, -0.2) is 0 Å². The molecule has 2 aromatic carbocycles. The van der Waals surface area contributed by atoms with Crippen molar-refractivity contribution in [3.05, 3.63) is 59.7 Å². The third-order valence-electron chi connectivity index (χ3n) is 5.85. The third-order valence-corrected chi connectivity index (χ3v) is 7.08. The summed E-state index contributed by atoms with van der Waals surface area (Å²) in [6.45, 7) is 3.74. The summed E-state index contributed by atoms with van der Waals surface area (Å²) < 4.78 is 77.9. The van der Waals surface area contributed by atoms with E-state index in [4.69, 9.17) is 19.4 Å². The van der Waals surface area contributed by atoms with Crippen LogP contribution in [0.25, 0.3) is 0 Å². The number of halogens is 3. The summed E-state index contributed by atoms with van der Waals surface area (Å²) in [4.78, 5) is 12.3. The van der Waals surface area contributed by atoms with Crippen molar-refractivity contribution >= 4 is 16.1 Å². The van der Waals surface area contributed by atoms with Crippen molar-refractivity contribution in [3.63, 3.8) is 0 Å². The largest absolute Gasteiger partial charge is 0.485 e. The summed E-state index contributed by atoms with van der Waals surface area (Å²) >= 11 is 0. The highest BCUT2D eigenvalue weighted by Gasteiger charge is 2.36. The number of hydrogen-bond donors (Lipinski definition) is 1. The Bertz CT molecular complexity index is 1150. The molecule has 2 aromatic rings. The Morgan fingerprint density at radius 3 is 2.50 bits per heavy atom. The fourth-order valence-corrected chi connectivity index (χ4v) is 4.87. The number of alkyl halides is 3. The summed E-state index contributed by atoms with van der Waals surface area (Å²) in [5, 5.41) is 0. The molecule has 0 amide bonds. The second kappa shape index (κ2) is 11.5. The average molecular weight is 530 g/mol. The number of fused-ring (bicyclic) bond motifs is 1. The highest BCUT2D eigenvalue weighted by Crippen LogP contribution is 2.40. The zero-order valence-electron chi connectivity index (χ0n) is 20.0. The van der Waals surface area contributed by atoms with Crippen LogP contribution in [-0.4, -0.2) is 39.0 Å². The lowest BCUT2D eigenvalue weighted by molar-refractivity contribution is -0.148. The van der Waals surface area contributed by atoms with Crippen LogP contribution in [0.1, 0.15) is 43.9 Å². The summed E-state index contributed by atoms with van der Waals surface area (Å²) in [6, 6.07) is 12.8. The standard InChI is InChI=1S/C25H30F3NO6S/c1-16(2)22(29)24(30)33-15-18-13-17-7-3-4-10-21(17)23(18)34-19-8-5-9-20(14-19)35-36(31,32)12-6-11-25(26,27)28/h3-5,7-10,14,16,18,22-23H,6,11-13,15,29H2,1-2H3/t18?,22-,23?/m0/s1. The maximum atomic E-state index is 12.3. The minimum absolute atomic E-state index is 0.0715. The van der Waals surface area contributed by atoms with Crippen LogP contribution in [0.5, 0.6) is 11.5 Å². The second-order valence-electron chi connectivity index (χ2n) is 9.14. The van der Waals surface area contributed by atoms with Crippen molar-refractivity contribution in [1.29, 1.82) is 0 Å². The molecule has 0 heterocycles. The Balaban J connectivity index is 1.70. The van der Waals surface area contributed by atoms with E-state index in [1.165, 1.54) is 18.2 Å². The summed E-state index contributed by atoms with van der Waals surface area (Å²) in [6.07, 6.45) is -6.13. The lowest BCUT2D eigenvalue weighted by atomic mass is 10.0. The average Bonchev–Trinajstić information content (AvgIpc) is 3.13. The molecule has 0 spiro atoms. The van der Waals surface area contributed by atoms with Gasteiger partial charge in [0.2, 0.25) is 0 Å². The minimum Gasteiger partial charge on any atom is -0.485 e. The van der Waals surface area contributed by atoms with Crippen LogP contribution in [0.15, 0.2) is 48.5 Å². The molecule has 1 aliphatic rings. The lowest BCUT2D eigenvalue weighted by Crippen LogP contribution is -2.38. The zero-order chi connectivity index (χ0) is 26.5. The number of hydrogen-bond acceptors (Lipinski definition) is 7. The molecule has 0 fully saturated rings. The maximum Gasteiger partial charge on any atom is 0.389 e. The van der Waals surface area contributed by atoms with E-state index < -0.39 is 53.0 Å². The lowest BCUT2D eigenvalue weighted by Gasteiger charge is -2.23. The van der Waals surface area contributed by atoms with Crippen LogP contribution in [0, 0.1) is 11.8 Å². The molecule has 0 saturated heterocycles. The van der Waals surface area contributed by atoms with Gasteiger partial charge >= 0.3 is 22.3 Å². The van der Waals surface area contributed by atoms with Crippen LogP contribution in [-0.2, 0) is 26.1 Å². The summed E-state index contributed by atoms with van der Waals surface area (Å²) in [5.41, 5.74) is 7.83. The normalized spacial score (nSPS) is 18.5. The first-order valence-electron chi connectivity index (χ1n) is 11.6. The first kappa shape index (κ1) is 27.8. The Morgan fingerprint density at radius 2 is 1.81 bits per heavy atom. The van der Waals surface area contributed by atoms with Gasteiger partial charge in [-0.3, -0.25) is 4.79 Å². The fourth-order valence-electron chi connectivity index (χ4n) is 3.89. The van der Waals surface area contributed by atoms with Gasteiger partial charge in [0.1, 0.15) is 23.6 Å². The molecule has 0 radical (unpaired) electrons. The van der Waals surface area contributed by atoms with Crippen molar-refractivity contribution in [1.82, 2.24) is 0 Å². The predicted molar refractivity (Wildman–Crippen MR) is 127 cm³/mol. The molecule has 3 rings (SSSR count). The van der Waals surface area contributed by atoms with Gasteiger partial charge in [-0.2, -0.15) is 21.6 Å². The first-order chi connectivity index (χ1) is 16.8. The first-order valence-corrected chi connectivity index (χ1v) is 13.2. The number of nitrogens with two attached hydrogens (primary N) is 1. The van der Waals surface area contributed by atoms with Gasteiger partial charge in [-0.15, -0.1) is 0 Å². The van der Waals surface area contributed by atoms with Crippen molar-refractivity contribution < 1.29 is 40.0 Å². The summed E-state index contributed by atoms with van der Waals surface area (Å²) in [7, 11) is -4.22. The van der Waals surface area contributed by atoms with E-state index in [-0.39, 0.29) is 24.2 Å². The van der Waals surface area contributed by atoms with Crippen molar-refractivity contribution in [2.75, 3.05) is 12.4 Å². The number of carbonyl (C=O) groups is 1. The van der Waals surface area contributed by atoms with Crippen LogP contribution >= 0.6 is 0 Å². The quantitative estimate of drug-likeness (QED) is 0.336. The zero-order valence-corrected chi connectivity index (χ0v) is 20.8. The highest BCUT2D eigenvalue weighted by molar-refractivity contribution is 7.87. The van der Waals surface area contributed by atoms with E-state index in [1.54, 1.807) is 6.07 Å². The number of ether oxygens (including phenoxy) is 2.